The molecule has 0 aromatic heterocycles. The van der Waals surface area contributed by atoms with E-state index in [-0.39, 0.29) is 5.91 Å². The minimum absolute atomic E-state index is 0.252. The highest BCUT2D eigenvalue weighted by molar-refractivity contribution is 6.32. The number of amides is 1. The van der Waals surface area contributed by atoms with E-state index in [1.54, 1.807) is 12.1 Å². The molecule has 1 amide bonds. The van der Waals surface area contributed by atoms with Crippen molar-refractivity contribution in [1.82, 2.24) is 0 Å². The van der Waals surface area contributed by atoms with Gasteiger partial charge in [-0.2, -0.15) is 0 Å². The number of ether oxygens (including phenoxy) is 2. The van der Waals surface area contributed by atoms with E-state index in [9.17, 15) is 4.79 Å². The Balaban J connectivity index is 2.22. The first-order chi connectivity index (χ1) is 11.1. The number of methoxy groups -OCH3 is 1. The van der Waals surface area contributed by atoms with Crippen LogP contribution >= 0.6 is 11.6 Å². The van der Waals surface area contributed by atoms with Crippen LogP contribution in [0.5, 0.6) is 11.5 Å². The Bertz CT molecular complexity index is 683. The van der Waals surface area contributed by atoms with Crippen molar-refractivity contribution < 1.29 is 14.3 Å². The van der Waals surface area contributed by atoms with Crippen LogP contribution in [0.3, 0.4) is 0 Å². The zero-order valence-electron chi connectivity index (χ0n) is 13.5. The van der Waals surface area contributed by atoms with Gasteiger partial charge < -0.3 is 14.8 Å². The third-order valence-corrected chi connectivity index (χ3v) is 3.68. The number of carbonyl (C=O) groups is 1. The molecular formula is C18H20ClNO3. The summed E-state index contributed by atoms with van der Waals surface area (Å²) in [6.07, 6.45) is 0.958. The third kappa shape index (κ3) is 4.17. The summed E-state index contributed by atoms with van der Waals surface area (Å²) in [7, 11) is 1.51. The average molecular weight is 334 g/mol. The van der Waals surface area contributed by atoms with Crippen molar-refractivity contribution >= 4 is 23.2 Å². The molecule has 0 bridgehead atoms. The molecular weight excluding hydrogens is 314 g/mol. The van der Waals surface area contributed by atoms with Crippen LogP contribution in [0.25, 0.3) is 0 Å². The van der Waals surface area contributed by atoms with Gasteiger partial charge in [0.1, 0.15) is 0 Å². The van der Waals surface area contributed by atoms with Gasteiger partial charge >= 0.3 is 0 Å². The first-order valence-corrected chi connectivity index (χ1v) is 7.87. The molecule has 4 nitrogen and oxygen atoms in total. The Morgan fingerprint density at radius 3 is 2.43 bits per heavy atom. The van der Waals surface area contributed by atoms with Crippen molar-refractivity contribution in [2.24, 2.45) is 0 Å². The van der Waals surface area contributed by atoms with Crippen molar-refractivity contribution in [1.29, 1.82) is 0 Å². The fraction of sp³-hybridized carbons (Fsp3) is 0.278. The van der Waals surface area contributed by atoms with E-state index in [4.69, 9.17) is 21.1 Å². The third-order valence-electron chi connectivity index (χ3n) is 3.40. The van der Waals surface area contributed by atoms with Gasteiger partial charge in [0.25, 0.3) is 5.91 Å². The number of aryl methyl sites for hydroxylation is 1. The van der Waals surface area contributed by atoms with E-state index >= 15 is 0 Å². The van der Waals surface area contributed by atoms with Crippen LogP contribution in [0, 0.1) is 0 Å². The van der Waals surface area contributed by atoms with Crippen molar-refractivity contribution in [2.75, 3.05) is 19.0 Å². The minimum atomic E-state index is -0.252. The van der Waals surface area contributed by atoms with E-state index in [0.29, 0.717) is 28.7 Å². The standard InChI is InChI=1S/C18H20ClNO3/c1-4-12-6-8-14(9-7-12)20-18(21)13-10-15(19)17(23-5-2)16(11-13)22-3/h6-11H,4-5H2,1-3H3,(H,20,21). The fourth-order valence-corrected chi connectivity index (χ4v) is 2.43. The van der Waals surface area contributed by atoms with Crippen LogP contribution in [0.2, 0.25) is 5.02 Å². The highest BCUT2D eigenvalue weighted by Gasteiger charge is 2.15. The summed E-state index contributed by atoms with van der Waals surface area (Å²) in [5, 5.41) is 3.19. The smallest absolute Gasteiger partial charge is 0.255 e. The summed E-state index contributed by atoms with van der Waals surface area (Å²) in [5.41, 5.74) is 2.36. The summed E-state index contributed by atoms with van der Waals surface area (Å²) in [6.45, 7) is 4.41. The molecule has 1 N–H and O–H groups in total. The van der Waals surface area contributed by atoms with Crippen LogP contribution in [0.1, 0.15) is 29.8 Å². The van der Waals surface area contributed by atoms with Crippen LogP contribution in [-0.4, -0.2) is 19.6 Å². The first-order valence-electron chi connectivity index (χ1n) is 7.49. The molecule has 2 aromatic carbocycles. The summed E-state index contributed by atoms with van der Waals surface area (Å²) in [6, 6.07) is 10.9. The second-order valence-corrected chi connectivity index (χ2v) is 5.33. The van der Waals surface area contributed by atoms with Crippen LogP contribution in [-0.2, 0) is 6.42 Å². The molecule has 2 rings (SSSR count). The quantitative estimate of drug-likeness (QED) is 0.842. The SMILES string of the molecule is CCOc1c(Cl)cc(C(=O)Nc2ccc(CC)cc2)cc1OC. The van der Waals surface area contributed by atoms with Crippen LogP contribution < -0.4 is 14.8 Å². The van der Waals surface area contributed by atoms with E-state index in [2.05, 4.69) is 12.2 Å². The second-order valence-electron chi connectivity index (χ2n) is 4.93. The summed E-state index contributed by atoms with van der Waals surface area (Å²) < 4.78 is 10.7. The maximum Gasteiger partial charge on any atom is 0.255 e. The van der Waals surface area contributed by atoms with Crippen molar-refractivity contribution in [3.05, 3.63) is 52.5 Å². The lowest BCUT2D eigenvalue weighted by Gasteiger charge is -2.13. The lowest BCUT2D eigenvalue weighted by molar-refractivity contribution is 0.102. The number of nitrogens with one attached hydrogen (secondary N) is 1. The van der Waals surface area contributed by atoms with E-state index in [0.717, 1.165) is 12.1 Å². The second kappa shape index (κ2) is 7.88. The largest absolute Gasteiger partial charge is 0.493 e. The van der Waals surface area contributed by atoms with Crippen molar-refractivity contribution in [2.45, 2.75) is 20.3 Å². The fourth-order valence-electron chi connectivity index (χ4n) is 2.16. The van der Waals surface area contributed by atoms with Crippen molar-refractivity contribution in [3.63, 3.8) is 0 Å². The molecule has 0 aliphatic rings. The zero-order chi connectivity index (χ0) is 16.8. The number of hydrogen-bond acceptors (Lipinski definition) is 3. The molecule has 0 aliphatic carbocycles. The lowest BCUT2D eigenvalue weighted by Crippen LogP contribution is -2.12. The topological polar surface area (TPSA) is 47.6 Å². The number of rotatable bonds is 6. The Kier molecular flexibility index (Phi) is 5.88. The lowest BCUT2D eigenvalue weighted by atomic mass is 10.1. The van der Waals surface area contributed by atoms with Gasteiger partial charge in [0, 0.05) is 11.3 Å². The monoisotopic (exact) mass is 333 g/mol. The summed E-state index contributed by atoms with van der Waals surface area (Å²) in [4.78, 5) is 12.4. The summed E-state index contributed by atoms with van der Waals surface area (Å²) >= 11 is 6.19. The highest BCUT2D eigenvalue weighted by atomic mass is 35.5. The molecule has 0 saturated heterocycles. The highest BCUT2D eigenvalue weighted by Crippen LogP contribution is 2.36. The molecule has 0 atom stereocenters. The zero-order valence-corrected chi connectivity index (χ0v) is 14.2. The van der Waals surface area contributed by atoms with E-state index < -0.39 is 0 Å². The van der Waals surface area contributed by atoms with Crippen LogP contribution in [0.4, 0.5) is 5.69 Å². The molecule has 0 heterocycles. The predicted molar refractivity (Wildman–Crippen MR) is 92.9 cm³/mol. The number of halogens is 1. The number of carbonyl (C=O) groups excluding carboxylic acids is 1. The predicted octanol–water partition coefficient (Wildman–Crippen LogP) is 4.56. The van der Waals surface area contributed by atoms with Gasteiger partial charge in [-0.1, -0.05) is 30.7 Å². The normalized spacial score (nSPS) is 10.3. The van der Waals surface area contributed by atoms with Gasteiger partial charge in [0.05, 0.1) is 18.7 Å². The maximum atomic E-state index is 12.4. The maximum absolute atomic E-state index is 12.4. The summed E-state index contributed by atoms with van der Waals surface area (Å²) in [5.74, 6) is 0.629. The van der Waals surface area contributed by atoms with Gasteiger partial charge in [-0.3, -0.25) is 4.79 Å². The Morgan fingerprint density at radius 1 is 1.17 bits per heavy atom. The molecule has 2 aromatic rings. The van der Waals surface area contributed by atoms with Gasteiger partial charge in [-0.05, 0) is 43.2 Å². The molecule has 0 saturated carbocycles. The molecule has 0 radical (unpaired) electrons. The molecule has 0 unspecified atom stereocenters. The minimum Gasteiger partial charge on any atom is -0.493 e. The van der Waals surface area contributed by atoms with Gasteiger partial charge in [-0.25, -0.2) is 0 Å². The molecule has 0 fully saturated rings. The van der Waals surface area contributed by atoms with E-state index in [1.807, 2.05) is 31.2 Å². The average Bonchev–Trinajstić information content (AvgIpc) is 2.57. The number of hydrogen-bond donors (Lipinski definition) is 1. The first kappa shape index (κ1) is 17.2. The Labute approximate surface area is 141 Å². The van der Waals surface area contributed by atoms with Crippen molar-refractivity contribution in [3.8, 4) is 11.5 Å². The number of anilines is 1. The Hall–Kier alpha value is -2.20. The van der Waals surface area contributed by atoms with E-state index in [1.165, 1.54) is 12.7 Å². The molecule has 5 heteroatoms. The van der Waals surface area contributed by atoms with Gasteiger partial charge in [-0.15, -0.1) is 0 Å². The Morgan fingerprint density at radius 2 is 1.87 bits per heavy atom. The molecule has 122 valence electrons. The molecule has 23 heavy (non-hydrogen) atoms. The molecule has 0 aliphatic heterocycles. The van der Waals surface area contributed by atoms with Gasteiger partial charge in [0.15, 0.2) is 11.5 Å². The van der Waals surface area contributed by atoms with Gasteiger partial charge in [0.2, 0.25) is 0 Å². The number of benzene rings is 2. The van der Waals surface area contributed by atoms with Crippen LogP contribution in [0.15, 0.2) is 36.4 Å². The molecule has 0 spiro atoms.